The lowest BCUT2D eigenvalue weighted by Crippen LogP contribution is -2.20. The Bertz CT molecular complexity index is 551. The van der Waals surface area contributed by atoms with Gasteiger partial charge in [-0.2, -0.15) is 0 Å². The smallest absolute Gasteiger partial charge is 0.264 e. The Morgan fingerprint density at radius 3 is 2.53 bits per heavy atom. The van der Waals surface area contributed by atoms with E-state index < -0.39 is 0 Å². The minimum atomic E-state index is -0.143. The van der Waals surface area contributed by atoms with Gasteiger partial charge in [-0.1, -0.05) is 31.9 Å². The summed E-state index contributed by atoms with van der Waals surface area (Å²) in [5.41, 5.74) is 0.253. The molecular weight excluding hydrogens is 238 g/mol. The highest BCUT2D eigenvalue weighted by atomic mass is 35.5. The van der Waals surface area contributed by atoms with Gasteiger partial charge >= 0.3 is 0 Å². The van der Waals surface area contributed by atoms with Gasteiger partial charge in [0.1, 0.15) is 5.39 Å². The first kappa shape index (κ1) is 13.6. The standard InChI is InChI=1S/C9H8ClN3O.C3H8/c1-2-13-5-12-8-7(9(13)14)6(10)3-4-11-8;1-3-2/h3-5H,2H2,1H3;3H2,1-2H3. The summed E-state index contributed by atoms with van der Waals surface area (Å²) in [6.45, 7) is 6.70. The predicted molar refractivity (Wildman–Crippen MR) is 70.4 cm³/mol. The van der Waals surface area contributed by atoms with Crippen molar-refractivity contribution in [2.45, 2.75) is 33.7 Å². The van der Waals surface area contributed by atoms with Crippen molar-refractivity contribution in [2.75, 3.05) is 0 Å². The lowest BCUT2D eigenvalue weighted by molar-refractivity contribution is 0.716. The molecule has 0 unspecified atom stereocenters. The number of rotatable bonds is 1. The Labute approximate surface area is 105 Å². The van der Waals surface area contributed by atoms with Crippen molar-refractivity contribution in [3.05, 3.63) is 34.0 Å². The molecule has 2 heterocycles. The number of halogens is 1. The van der Waals surface area contributed by atoms with E-state index in [0.717, 1.165) is 0 Å². The fraction of sp³-hybridized carbons (Fsp3) is 0.417. The minimum absolute atomic E-state index is 0.143. The predicted octanol–water partition coefficient (Wildman–Crippen LogP) is 2.88. The van der Waals surface area contributed by atoms with E-state index in [9.17, 15) is 4.79 Å². The number of fused-ring (bicyclic) bond motifs is 1. The topological polar surface area (TPSA) is 47.8 Å². The number of aromatic nitrogens is 3. The highest BCUT2D eigenvalue weighted by molar-refractivity contribution is 6.35. The fourth-order valence-corrected chi connectivity index (χ4v) is 1.49. The van der Waals surface area contributed by atoms with Gasteiger partial charge in [0.25, 0.3) is 5.56 Å². The van der Waals surface area contributed by atoms with Gasteiger partial charge in [-0.05, 0) is 13.0 Å². The number of pyridine rings is 1. The van der Waals surface area contributed by atoms with E-state index in [-0.39, 0.29) is 5.56 Å². The van der Waals surface area contributed by atoms with Crippen molar-refractivity contribution in [1.29, 1.82) is 0 Å². The quantitative estimate of drug-likeness (QED) is 0.785. The molecule has 5 heteroatoms. The van der Waals surface area contributed by atoms with Crippen molar-refractivity contribution >= 4 is 22.6 Å². The van der Waals surface area contributed by atoms with E-state index in [1.54, 1.807) is 6.07 Å². The third-order valence-corrected chi connectivity index (χ3v) is 2.33. The molecule has 0 aliphatic heterocycles. The third-order valence-electron chi connectivity index (χ3n) is 2.01. The van der Waals surface area contributed by atoms with E-state index >= 15 is 0 Å². The highest BCUT2D eigenvalue weighted by Crippen LogP contribution is 2.15. The van der Waals surface area contributed by atoms with Crippen molar-refractivity contribution in [3.63, 3.8) is 0 Å². The van der Waals surface area contributed by atoms with Gasteiger partial charge in [0.15, 0.2) is 5.65 Å². The van der Waals surface area contributed by atoms with E-state index in [0.29, 0.717) is 22.6 Å². The van der Waals surface area contributed by atoms with Crippen LogP contribution in [0.1, 0.15) is 27.2 Å². The Hall–Kier alpha value is -1.42. The normalized spacial score (nSPS) is 9.88. The number of hydrogen-bond acceptors (Lipinski definition) is 3. The summed E-state index contributed by atoms with van der Waals surface area (Å²) >= 11 is 5.90. The van der Waals surface area contributed by atoms with Crippen molar-refractivity contribution in [3.8, 4) is 0 Å². The summed E-state index contributed by atoms with van der Waals surface area (Å²) in [7, 11) is 0. The molecule has 0 radical (unpaired) electrons. The van der Waals surface area contributed by atoms with Crippen LogP contribution >= 0.6 is 11.6 Å². The molecule has 2 rings (SSSR count). The first-order valence-corrected chi connectivity index (χ1v) is 6.03. The summed E-state index contributed by atoms with van der Waals surface area (Å²) in [6.07, 6.45) is 4.27. The maximum absolute atomic E-state index is 11.8. The third kappa shape index (κ3) is 3.03. The van der Waals surface area contributed by atoms with Gasteiger partial charge in [0.2, 0.25) is 0 Å². The monoisotopic (exact) mass is 253 g/mol. The average molecular weight is 254 g/mol. The molecule has 92 valence electrons. The molecule has 2 aromatic rings. The maximum atomic E-state index is 11.8. The zero-order valence-electron chi connectivity index (χ0n) is 10.3. The molecule has 0 bridgehead atoms. The van der Waals surface area contributed by atoms with Crippen LogP contribution in [-0.2, 0) is 6.54 Å². The SMILES string of the molecule is CCC.CCn1cnc2nccc(Cl)c2c1=O. The molecule has 0 aliphatic rings. The second-order valence-electron chi connectivity index (χ2n) is 3.53. The molecule has 0 aromatic carbocycles. The fourth-order valence-electron chi connectivity index (χ4n) is 1.27. The maximum Gasteiger partial charge on any atom is 0.264 e. The first-order valence-electron chi connectivity index (χ1n) is 5.65. The lowest BCUT2D eigenvalue weighted by atomic mass is 10.3. The van der Waals surface area contributed by atoms with Crippen LogP contribution in [0.2, 0.25) is 5.02 Å². The Kier molecular flexibility index (Phi) is 5.10. The number of aryl methyl sites for hydroxylation is 1. The zero-order chi connectivity index (χ0) is 12.8. The molecule has 4 nitrogen and oxygen atoms in total. The summed E-state index contributed by atoms with van der Waals surface area (Å²) < 4.78 is 1.50. The van der Waals surface area contributed by atoms with Crippen LogP contribution in [0.25, 0.3) is 11.0 Å². The Morgan fingerprint density at radius 2 is 1.94 bits per heavy atom. The molecule has 0 atom stereocenters. The second kappa shape index (κ2) is 6.35. The molecule has 0 amide bonds. The summed E-state index contributed by atoms with van der Waals surface area (Å²) in [6, 6.07) is 1.59. The molecule has 0 aliphatic carbocycles. The Morgan fingerprint density at radius 1 is 1.29 bits per heavy atom. The molecule has 0 saturated carbocycles. The number of nitrogens with zero attached hydrogens (tertiary/aromatic N) is 3. The molecular formula is C12H16ClN3O. The highest BCUT2D eigenvalue weighted by Gasteiger charge is 2.06. The van der Waals surface area contributed by atoms with Gasteiger partial charge in [-0.15, -0.1) is 0 Å². The minimum Gasteiger partial charge on any atom is -0.299 e. The van der Waals surface area contributed by atoms with Crippen molar-refractivity contribution < 1.29 is 0 Å². The second-order valence-corrected chi connectivity index (χ2v) is 3.94. The number of hydrogen-bond donors (Lipinski definition) is 0. The molecule has 17 heavy (non-hydrogen) atoms. The van der Waals surface area contributed by atoms with Crippen LogP contribution < -0.4 is 5.56 Å². The van der Waals surface area contributed by atoms with Crippen LogP contribution in [0.15, 0.2) is 23.4 Å². The lowest BCUT2D eigenvalue weighted by Gasteiger charge is -2.02. The van der Waals surface area contributed by atoms with E-state index in [2.05, 4.69) is 23.8 Å². The molecule has 0 N–H and O–H groups in total. The zero-order valence-corrected chi connectivity index (χ0v) is 11.0. The first-order chi connectivity index (χ1) is 8.15. The molecule has 0 fully saturated rings. The van der Waals surface area contributed by atoms with Gasteiger partial charge in [-0.3, -0.25) is 9.36 Å². The molecule has 2 aromatic heterocycles. The molecule has 0 saturated heterocycles. The molecule has 0 spiro atoms. The van der Waals surface area contributed by atoms with Crippen LogP contribution in [0.3, 0.4) is 0 Å². The van der Waals surface area contributed by atoms with Gasteiger partial charge in [0.05, 0.1) is 11.3 Å². The van der Waals surface area contributed by atoms with Crippen LogP contribution in [0.5, 0.6) is 0 Å². The summed E-state index contributed by atoms with van der Waals surface area (Å²) in [4.78, 5) is 19.8. The summed E-state index contributed by atoms with van der Waals surface area (Å²) in [5.74, 6) is 0. The van der Waals surface area contributed by atoms with Gasteiger partial charge in [-0.25, -0.2) is 9.97 Å². The van der Waals surface area contributed by atoms with E-state index in [4.69, 9.17) is 11.6 Å². The largest absolute Gasteiger partial charge is 0.299 e. The average Bonchev–Trinajstić information content (AvgIpc) is 2.30. The van der Waals surface area contributed by atoms with Crippen molar-refractivity contribution in [1.82, 2.24) is 14.5 Å². The van der Waals surface area contributed by atoms with Crippen LogP contribution in [0, 0.1) is 0 Å². The van der Waals surface area contributed by atoms with E-state index in [1.807, 2.05) is 6.92 Å². The van der Waals surface area contributed by atoms with Crippen LogP contribution in [0.4, 0.5) is 0 Å². The summed E-state index contributed by atoms with van der Waals surface area (Å²) in [5, 5.41) is 0.786. The van der Waals surface area contributed by atoms with Crippen LogP contribution in [-0.4, -0.2) is 14.5 Å². The van der Waals surface area contributed by atoms with Gasteiger partial charge < -0.3 is 0 Å². The van der Waals surface area contributed by atoms with Gasteiger partial charge in [0, 0.05) is 12.7 Å². The van der Waals surface area contributed by atoms with Crippen molar-refractivity contribution in [2.24, 2.45) is 0 Å². The van der Waals surface area contributed by atoms with E-state index in [1.165, 1.54) is 23.5 Å². The Balaban J connectivity index is 0.000000437.